The second kappa shape index (κ2) is 23.3. The number of anilines is 1. The number of carbonyl (C=O) groups is 4. The summed E-state index contributed by atoms with van der Waals surface area (Å²) in [5.41, 5.74) is -6.11. The van der Waals surface area contributed by atoms with Gasteiger partial charge in [0.05, 0.1) is 45.2 Å². The molecule has 3 heterocycles. The Labute approximate surface area is 474 Å². The third kappa shape index (κ3) is 14.4. The fraction of sp³-hybridized carbons (Fsp3) is 0.468. The van der Waals surface area contributed by atoms with Gasteiger partial charge in [0, 0.05) is 40.6 Å². The maximum atomic E-state index is 15.7. The van der Waals surface area contributed by atoms with E-state index in [0.29, 0.717) is 17.2 Å². The van der Waals surface area contributed by atoms with Gasteiger partial charge in [0.1, 0.15) is 43.1 Å². The quantitative estimate of drug-likeness (QED) is 0.0292. The molecule has 1 unspecified atom stereocenters. The van der Waals surface area contributed by atoms with E-state index in [1.165, 1.54) is 19.9 Å². The Hall–Kier alpha value is -6.65. The van der Waals surface area contributed by atoms with Crippen molar-refractivity contribution in [2.24, 2.45) is 5.92 Å². The number of aromatic nitrogens is 5. The number of carbonyl (C=O) groups excluding carboxylic acids is 3. The van der Waals surface area contributed by atoms with Gasteiger partial charge in [0.15, 0.2) is 21.3 Å². The SMILES string of the molecule is C[C@@H](C(=O)O)N(CCOC(=O)N(c1nn(CC(F)(F)F)c2c(-c3ccc(CCC(C)(C)S(C)(=O)=O)nc3[C@H](Cc3cc(F)cc(F)c3)NC(=O)Cn3nc(C(F)(F)F)c4c3C(F)(F)C3C[C@H]43)ccc(Cl)c12)S(C)(=O)=O)C(=O)OCOP(=O)(O)O. The van der Waals surface area contributed by atoms with Crippen molar-refractivity contribution in [2.45, 2.75) is 101 Å². The topological polar surface area (TPSA) is 309 Å². The summed E-state index contributed by atoms with van der Waals surface area (Å²) in [6.07, 6.45) is -14.3. The summed E-state index contributed by atoms with van der Waals surface area (Å²) in [7, 11) is -14.2. The number of hydrogen-bond donors (Lipinski definition) is 4. The van der Waals surface area contributed by atoms with Gasteiger partial charge in [-0.3, -0.25) is 24.0 Å². The van der Waals surface area contributed by atoms with Crippen LogP contribution in [0.1, 0.15) is 79.5 Å². The molecule has 0 saturated heterocycles. The van der Waals surface area contributed by atoms with Gasteiger partial charge in [0.25, 0.3) is 5.92 Å². The Balaban J connectivity index is 1.39. The average molecular weight is 1290 g/mol. The molecule has 2 aliphatic carbocycles. The second-order valence-electron chi connectivity index (χ2n) is 20.1. The normalized spacial score (nSPS) is 16.8. The van der Waals surface area contributed by atoms with Crippen molar-refractivity contribution < 1.29 is 113 Å². The first-order chi connectivity index (χ1) is 38.5. The van der Waals surface area contributed by atoms with E-state index in [0.717, 1.165) is 43.5 Å². The van der Waals surface area contributed by atoms with Gasteiger partial charge in [-0.25, -0.2) is 49.1 Å². The molecule has 3 amide bonds. The molecular formula is C47H48ClF10N8O15PS2. The van der Waals surface area contributed by atoms with Gasteiger partial charge in [0.2, 0.25) is 22.7 Å². The number of carboxylic acids is 1. The number of nitrogens with zero attached hydrogens (tertiary/aromatic N) is 7. The number of pyridine rings is 1. The van der Waals surface area contributed by atoms with E-state index in [-0.39, 0.29) is 49.8 Å². The van der Waals surface area contributed by atoms with E-state index in [4.69, 9.17) is 26.1 Å². The molecule has 3 aromatic heterocycles. The van der Waals surface area contributed by atoms with Crippen molar-refractivity contribution in [1.29, 1.82) is 0 Å². The van der Waals surface area contributed by atoms with Crippen LogP contribution in [-0.4, -0.2) is 135 Å². The maximum absolute atomic E-state index is 15.7. The highest BCUT2D eigenvalue weighted by molar-refractivity contribution is 7.92. The third-order valence-electron chi connectivity index (χ3n) is 13.6. The van der Waals surface area contributed by atoms with E-state index in [2.05, 4.69) is 29.8 Å². The number of phosphoric acid groups is 1. The van der Waals surface area contributed by atoms with Crippen LogP contribution in [0.3, 0.4) is 0 Å². The summed E-state index contributed by atoms with van der Waals surface area (Å²) in [5.74, 6) is -13.4. The van der Waals surface area contributed by atoms with Crippen molar-refractivity contribution in [1.82, 2.24) is 34.8 Å². The molecule has 37 heteroatoms. The number of amides is 3. The molecule has 0 bridgehead atoms. The average Bonchev–Trinajstić information content (AvgIpc) is 1.53. The number of fused-ring (bicyclic) bond motifs is 4. The summed E-state index contributed by atoms with van der Waals surface area (Å²) in [4.78, 5) is 75.6. The van der Waals surface area contributed by atoms with Crippen LogP contribution in [0.25, 0.3) is 22.0 Å². The van der Waals surface area contributed by atoms with Crippen LogP contribution in [-0.2, 0) is 86.0 Å². The molecule has 7 rings (SSSR count). The monoisotopic (exact) mass is 1280 g/mol. The summed E-state index contributed by atoms with van der Waals surface area (Å²) in [6.45, 7) is -3.40. The Morgan fingerprint density at radius 2 is 1.56 bits per heavy atom. The van der Waals surface area contributed by atoms with Crippen molar-refractivity contribution in [3.05, 3.63) is 93.0 Å². The number of sulfonamides is 1. The van der Waals surface area contributed by atoms with Crippen molar-refractivity contribution in [3.8, 4) is 11.1 Å². The number of halogens is 11. The van der Waals surface area contributed by atoms with Gasteiger partial charge < -0.3 is 29.7 Å². The Morgan fingerprint density at radius 1 is 0.929 bits per heavy atom. The number of hydrogen-bond acceptors (Lipinski definition) is 15. The number of nitrogens with one attached hydrogen (secondary N) is 1. The van der Waals surface area contributed by atoms with Gasteiger partial charge in [-0.2, -0.15) is 49.6 Å². The fourth-order valence-corrected chi connectivity index (χ4v) is 11.0. The first kappa shape index (κ1) is 64.9. The van der Waals surface area contributed by atoms with Crippen molar-refractivity contribution in [2.75, 3.05) is 36.8 Å². The molecule has 1 fully saturated rings. The number of aryl methyl sites for hydroxylation is 1. The molecule has 2 aromatic carbocycles. The summed E-state index contributed by atoms with van der Waals surface area (Å²) < 4.78 is 224. The molecule has 4 atom stereocenters. The maximum Gasteiger partial charge on any atom is 0.472 e. The number of rotatable bonds is 22. The summed E-state index contributed by atoms with van der Waals surface area (Å²) in [6, 6.07) is 2.68. The molecule has 0 spiro atoms. The smallest absolute Gasteiger partial charge is 0.472 e. The highest BCUT2D eigenvalue weighted by Crippen LogP contribution is 2.68. The number of sulfone groups is 1. The molecule has 4 N–H and O–H groups in total. The second-order valence-corrected chi connectivity index (χ2v) is 26.2. The van der Waals surface area contributed by atoms with Crippen LogP contribution in [0.15, 0.2) is 42.5 Å². The number of ether oxygens (including phenoxy) is 2. The number of aliphatic carboxylic acids is 1. The van der Waals surface area contributed by atoms with E-state index in [1.807, 2.05) is 0 Å². The number of phosphoric ester groups is 1. The summed E-state index contributed by atoms with van der Waals surface area (Å²) in [5, 5.41) is 17.8. The lowest BCUT2D eigenvalue weighted by Crippen LogP contribution is -2.46. The number of alkyl halides is 8. The molecule has 0 radical (unpaired) electrons. The standard InChI is InChI=1S/C47H48ClF10N8O15PS2/c1-22(41(68)69)63(42(70)80-21-81-82(72,73)74)12-13-79-43(71)66(84(5,77)78)40-35-31(48)9-8-28(37(35)65(62-40)20-45(51,52)53)27-7-6-26(10-11-44(2,3)83(4,75)76)59-36(27)32(16-23-14-24(49)17-25(50)15-23)60-33(67)19-64-39-34(38(61-64)47(56,57)58)29-18-30(29)46(39,54)55/h6-9,14-15,17,22,29-30,32H,10-13,16,18-21H2,1-5H3,(H,60,67)(H,68,69)(H2,72,73,74)/t22-,29-,30?,32-/m0/s1. The molecule has 5 aromatic rings. The van der Waals surface area contributed by atoms with Crippen molar-refractivity contribution >= 4 is 80.1 Å². The largest absolute Gasteiger partial charge is 0.480 e. The highest BCUT2D eigenvalue weighted by atomic mass is 35.5. The van der Waals surface area contributed by atoms with Gasteiger partial charge in [-0.05, 0) is 82.2 Å². The van der Waals surface area contributed by atoms with E-state index in [9.17, 15) is 80.8 Å². The zero-order valence-electron chi connectivity index (χ0n) is 44.0. The minimum absolute atomic E-state index is 0.0338. The minimum Gasteiger partial charge on any atom is -0.480 e. The van der Waals surface area contributed by atoms with Crippen LogP contribution < -0.4 is 9.62 Å². The van der Waals surface area contributed by atoms with E-state index < -0.39 is 200 Å². The first-order valence-corrected chi connectivity index (χ1v) is 29.9. The van der Waals surface area contributed by atoms with E-state index in [1.54, 1.807) is 0 Å². The molecule has 84 heavy (non-hydrogen) atoms. The zero-order chi connectivity index (χ0) is 62.8. The predicted molar refractivity (Wildman–Crippen MR) is 271 cm³/mol. The van der Waals surface area contributed by atoms with Gasteiger partial charge >= 0.3 is 38.3 Å². The number of carboxylic acid groups (broad SMARTS) is 1. The number of benzene rings is 2. The minimum atomic E-state index is -5.27. The van der Waals surface area contributed by atoms with Crippen LogP contribution in [0.5, 0.6) is 0 Å². The zero-order valence-corrected chi connectivity index (χ0v) is 47.3. The fourth-order valence-electron chi connectivity index (χ4n) is 9.29. The van der Waals surface area contributed by atoms with Crippen LogP contribution in [0, 0.1) is 17.6 Å². The Kier molecular flexibility index (Phi) is 18.0. The molecule has 1 saturated carbocycles. The Morgan fingerprint density at radius 3 is 2.13 bits per heavy atom. The third-order valence-corrected chi connectivity index (χ3v) is 17.6. The van der Waals surface area contributed by atoms with Gasteiger partial charge in [-0.15, -0.1) is 0 Å². The predicted octanol–water partition coefficient (Wildman–Crippen LogP) is 7.75. The first-order valence-electron chi connectivity index (χ1n) is 24.3. The van der Waals surface area contributed by atoms with E-state index >= 15 is 8.78 Å². The van der Waals surface area contributed by atoms with Gasteiger partial charge in [-0.1, -0.05) is 23.7 Å². The molecule has 0 aliphatic heterocycles. The molecular weight excluding hydrogens is 1240 g/mol. The lowest BCUT2D eigenvalue weighted by atomic mass is 9.93. The van der Waals surface area contributed by atoms with Crippen LogP contribution in [0.2, 0.25) is 5.02 Å². The van der Waals surface area contributed by atoms with Crippen LogP contribution >= 0.6 is 19.4 Å². The van der Waals surface area contributed by atoms with Crippen LogP contribution in [0.4, 0.5) is 59.3 Å². The lowest BCUT2D eigenvalue weighted by molar-refractivity contribution is -0.143. The molecule has 2 aliphatic rings. The molecule has 460 valence electrons. The Bertz CT molecular complexity index is 3710. The summed E-state index contributed by atoms with van der Waals surface area (Å²) >= 11 is 6.65. The molecule has 23 nitrogen and oxygen atoms in total. The lowest BCUT2D eigenvalue weighted by Gasteiger charge is -2.26. The highest BCUT2D eigenvalue weighted by Gasteiger charge is 2.68. The van der Waals surface area contributed by atoms with Crippen molar-refractivity contribution in [3.63, 3.8) is 0 Å².